The fourth-order valence-electron chi connectivity index (χ4n) is 6.25. The molecule has 5 N–H and O–H groups in total. The van der Waals surface area contributed by atoms with Gasteiger partial charge >= 0.3 is 5.97 Å². The molecule has 11 heteroatoms. The number of aromatic nitrogens is 4. The largest absolute Gasteiger partial charge is 0.477 e. The Morgan fingerprint density at radius 2 is 1.33 bits per heavy atom. The minimum Gasteiger partial charge on any atom is -0.477 e. The maximum atomic E-state index is 13.9. The molecule has 1 aliphatic heterocycles. The van der Waals surface area contributed by atoms with E-state index in [1.54, 1.807) is 36.4 Å². The average molecular weight is 654 g/mol. The van der Waals surface area contributed by atoms with Crippen LogP contribution in [0.4, 0.5) is 0 Å². The van der Waals surface area contributed by atoms with E-state index >= 15 is 0 Å². The van der Waals surface area contributed by atoms with Gasteiger partial charge in [-0.25, -0.2) is 4.79 Å². The van der Waals surface area contributed by atoms with Gasteiger partial charge < -0.3 is 20.3 Å². The van der Waals surface area contributed by atoms with Crippen molar-refractivity contribution in [2.75, 3.05) is 0 Å². The summed E-state index contributed by atoms with van der Waals surface area (Å²) >= 11 is 0. The molecule has 49 heavy (non-hydrogen) atoms. The maximum absolute atomic E-state index is 13.9. The van der Waals surface area contributed by atoms with Crippen LogP contribution in [0, 0.1) is 0 Å². The number of hydrogen-bond donors (Lipinski definition) is 5. The molecule has 0 radical (unpaired) electrons. The van der Waals surface area contributed by atoms with Gasteiger partial charge in [0.2, 0.25) is 11.3 Å². The lowest BCUT2D eigenvalue weighted by molar-refractivity contribution is -0.169. The molecule has 0 saturated carbocycles. The number of ketones is 1. The van der Waals surface area contributed by atoms with Gasteiger partial charge in [0.1, 0.15) is 17.1 Å². The molecule has 11 nitrogen and oxygen atoms in total. The van der Waals surface area contributed by atoms with Gasteiger partial charge in [-0.2, -0.15) is 10.2 Å². The van der Waals surface area contributed by atoms with Gasteiger partial charge in [0.05, 0.1) is 11.4 Å². The molecular formula is C38H31N5O6. The van der Waals surface area contributed by atoms with Crippen LogP contribution in [0.1, 0.15) is 67.8 Å². The summed E-state index contributed by atoms with van der Waals surface area (Å²) in [6.45, 7) is 4.10. The zero-order valence-corrected chi connectivity index (χ0v) is 26.5. The quantitative estimate of drug-likeness (QED) is 0.145. The van der Waals surface area contributed by atoms with Crippen LogP contribution in [0.5, 0.6) is 5.75 Å². The topological polar surface area (TPSA) is 170 Å². The number of carboxylic acids is 1. The van der Waals surface area contributed by atoms with Crippen molar-refractivity contribution in [2.24, 2.45) is 0 Å². The highest BCUT2D eigenvalue weighted by Gasteiger charge is 2.71. The van der Waals surface area contributed by atoms with E-state index in [2.05, 4.69) is 25.7 Å². The lowest BCUT2D eigenvalue weighted by atomic mass is 9.82. The number of aliphatic hydroxyl groups is 1. The van der Waals surface area contributed by atoms with Crippen LogP contribution < -0.4 is 10.1 Å². The zero-order chi connectivity index (χ0) is 34.3. The summed E-state index contributed by atoms with van der Waals surface area (Å²) in [5.41, 5.74) is 3.45. The number of nitrogens with zero attached hydrogens (tertiary/aromatic N) is 2. The Morgan fingerprint density at radius 1 is 0.755 bits per heavy atom. The van der Waals surface area contributed by atoms with Crippen LogP contribution in [0.3, 0.4) is 0 Å². The Balaban J connectivity index is 0.000000226. The third-order valence-corrected chi connectivity index (χ3v) is 8.79. The van der Waals surface area contributed by atoms with Crippen molar-refractivity contribution in [1.29, 1.82) is 0 Å². The number of hydrogen-bond acceptors (Lipinski definition) is 7. The molecule has 0 spiro atoms. The summed E-state index contributed by atoms with van der Waals surface area (Å²) in [6.07, 6.45) is 0. The summed E-state index contributed by atoms with van der Waals surface area (Å²) in [5, 5.41) is 36.8. The first-order valence-corrected chi connectivity index (χ1v) is 15.6. The number of rotatable bonds is 6. The maximum Gasteiger partial charge on any atom is 0.353 e. The van der Waals surface area contributed by atoms with Crippen molar-refractivity contribution in [3.63, 3.8) is 0 Å². The molecule has 0 bridgehead atoms. The Labute approximate surface area is 280 Å². The molecule has 2 aromatic heterocycles. The van der Waals surface area contributed by atoms with Crippen LogP contribution in [-0.2, 0) is 11.3 Å². The van der Waals surface area contributed by atoms with Crippen LogP contribution >= 0.6 is 0 Å². The second-order valence-corrected chi connectivity index (χ2v) is 12.1. The minimum absolute atomic E-state index is 0.101. The van der Waals surface area contributed by atoms with Crippen molar-refractivity contribution >= 4 is 17.7 Å². The van der Waals surface area contributed by atoms with Gasteiger partial charge in [0.15, 0.2) is 0 Å². The Kier molecular flexibility index (Phi) is 7.68. The monoisotopic (exact) mass is 653 g/mol. The van der Waals surface area contributed by atoms with Gasteiger partial charge in [-0.15, -0.1) is 0 Å². The van der Waals surface area contributed by atoms with Gasteiger partial charge in [-0.1, -0.05) is 111 Å². The number of nitrogens with one attached hydrogen (secondary N) is 3. The van der Waals surface area contributed by atoms with Crippen LogP contribution in [0.2, 0.25) is 0 Å². The number of benzene rings is 4. The second kappa shape index (κ2) is 12.0. The predicted molar refractivity (Wildman–Crippen MR) is 180 cm³/mol. The van der Waals surface area contributed by atoms with Crippen LogP contribution in [0.15, 0.2) is 115 Å². The lowest BCUT2D eigenvalue weighted by Gasteiger charge is -2.34. The molecule has 244 valence electrons. The number of Topliss-reactive ketones (excluding diaryl/α,β-unsaturated/α-hetero) is 1. The number of amides is 1. The van der Waals surface area contributed by atoms with Crippen LogP contribution in [-0.4, -0.2) is 48.3 Å². The summed E-state index contributed by atoms with van der Waals surface area (Å²) in [7, 11) is 0. The van der Waals surface area contributed by atoms with Gasteiger partial charge in [0.25, 0.3) is 11.7 Å². The molecule has 3 heterocycles. The number of aromatic carboxylic acids is 1. The van der Waals surface area contributed by atoms with E-state index < -0.39 is 29.0 Å². The van der Waals surface area contributed by atoms with Crippen molar-refractivity contribution in [2.45, 2.75) is 31.1 Å². The molecule has 1 aliphatic carbocycles. The average Bonchev–Trinajstić information content (AvgIpc) is 3.90. The SMILES string of the molecule is CC(C)c1ccc2c(c1)OC1(O)c3ccccc3C(=O)C21NC(=O)c1cc(-c2ccccc2)n[nH]1.O=C(O)c1cc(-c2ccccc2)n[nH]1. The molecule has 8 rings (SSSR count). The first kappa shape index (κ1) is 31.3. The molecule has 6 aromatic rings. The standard InChI is InChI=1S/C28H23N3O4.C10H8N2O2/c1-16(2)18-12-13-21-24(14-18)35-28(34)20-11-7-6-10-19(20)25(32)27(21,28)29-26(33)23-15-22(30-31-23)17-8-4-3-5-9-17;13-10(14)9-6-8(11-12-9)7-4-2-1-3-5-7/h3-16,34H,1-2H3,(H,29,33)(H,30,31);1-6H,(H,11,12)(H,13,14). The molecule has 0 fully saturated rings. The molecule has 2 unspecified atom stereocenters. The van der Waals surface area contributed by atoms with E-state index in [0.717, 1.165) is 16.7 Å². The van der Waals surface area contributed by atoms with Crippen molar-refractivity contribution < 1.29 is 29.3 Å². The molecule has 2 atom stereocenters. The van der Waals surface area contributed by atoms with Crippen molar-refractivity contribution in [1.82, 2.24) is 25.7 Å². The highest BCUT2D eigenvalue weighted by atomic mass is 16.6. The summed E-state index contributed by atoms with van der Waals surface area (Å²) in [6, 6.07) is 34.2. The van der Waals surface area contributed by atoms with Gasteiger partial charge in [-0.3, -0.25) is 19.8 Å². The zero-order valence-electron chi connectivity index (χ0n) is 26.5. The number of carboxylic acid groups (broad SMARTS) is 1. The third-order valence-electron chi connectivity index (χ3n) is 8.79. The highest BCUT2D eigenvalue weighted by Crippen LogP contribution is 2.58. The first-order valence-electron chi connectivity index (χ1n) is 15.6. The Morgan fingerprint density at radius 3 is 1.92 bits per heavy atom. The van der Waals surface area contributed by atoms with Crippen molar-refractivity contribution in [3.8, 4) is 28.3 Å². The van der Waals surface area contributed by atoms with Crippen molar-refractivity contribution in [3.05, 3.63) is 149 Å². The lowest BCUT2D eigenvalue weighted by Crippen LogP contribution is -2.60. The van der Waals surface area contributed by atoms with E-state index in [0.29, 0.717) is 33.8 Å². The molecule has 0 saturated heterocycles. The first-order chi connectivity index (χ1) is 23.6. The fraction of sp³-hybridized carbons (Fsp3) is 0.132. The highest BCUT2D eigenvalue weighted by molar-refractivity contribution is 6.13. The van der Waals surface area contributed by atoms with Crippen LogP contribution in [0.25, 0.3) is 22.5 Å². The second-order valence-electron chi connectivity index (χ2n) is 12.1. The number of carbonyl (C=O) groups is 3. The normalized spacial score (nSPS) is 18.5. The van der Waals surface area contributed by atoms with Gasteiger partial charge in [-0.05, 0) is 29.7 Å². The molecule has 1 amide bonds. The number of H-pyrrole nitrogens is 2. The fourth-order valence-corrected chi connectivity index (χ4v) is 6.25. The van der Waals surface area contributed by atoms with E-state index in [4.69, 9.17) is 9.84 Å². The van der Waals surface area contributed by atoms with E-state index in [9.17, 15) is 19.5 Å². The molecule has 4 aromatic carbocycles. The number of aromatic amines is 2. The molecule has 2 aliphatic rings. The van der Waals surface area contributed by atoms with E-state index in [1.807, 2.05) is 86.6 Å². The predicted octanol–water partition coefficient (Wildman–Crippen LogP) is 6.03. The number of carbonyl (C=O) groups excluding carboxylic acids is 2. The van der Waals surface area contributed by atoms with Gasteiger partial charge in [0, 0.05) is 27.8 Å². The summed E-state index contributed by atoms with van der Waals surface area (Å²) < 4.78 is 6.11. The number of ether oxygens (including phenoxy) is 1. The van der Waals surface area contributed by atoms with E-state index in [-0.39, 0.29) is 17.3 Å². The smallest absolute Gasteiger partial charge is 0.353 e. The summed E-state index contributed by atoms with van der Waals surface area (Å²) in [5.74, 6) is -3.51. The molecular weight excluding hydrogens is 622 g/mol. The third kappa shape index (κ3) is 5.17. The van der Waals surface area contributed by atoms with E-state index in [1.165, 1.54) is 6.07 Å². The summed E-state index contributed by atoms with van der Waals surface area (Å²) in [4.78, 5) is 38.0. The Hall–Kier alpha value is -6.33. The number of fused-ring (bicyclic) bond motifs is 5. The Bertz CT molecular complexity index is 2210. The minimum atomic E-state index is -2.09.